The van der Waals surface area contributed by atoms with Crippen molar-refractivity contribution >= 4 is 0 Å². The Morgan fingerprint density at radius 2 is 1.68 bits per heavy atom. The van der Waals surface area contributed by atoms with Crippen LogP contribution in [-0.2, 0) is 6.54 Å². The van der Waals surface area contributed by atoms with Crippen molar-refractivity contribution in [1.29, 1.82) is 0 Å². The molecule has 0 saturated carbocycles. The predicted octanol–water partition coefficient (Wildman–Crippen LogP) is 4.21. The van der Waals surface area contributed by atoms with Gasteiger partial charge >= 0.3 is 0 Å². The molecule has 0 N–H and O–H groups in total. The third-order valence-corrected chi connectivity index (χ3v) is 3.91. The largest absolute Gasteiger partial charge is 0.252 e. The molecule has 1 aromatic heterocycles. The highest BCUT2D eigenvalue weighted by Gasteiger charge is 2.13. The zero-order valence-electron chi connectivity index (χ0n) is 13.1. The van der Waals surface area contributed by atoms with Crippen molar-refractivity contribution in [1.82, 2.24) is 4.98 Å². The van der Waals surface area contributed by atoms with E-state index in [1.54, 1.807) is 0 Å². The zero-order valence-corrected chi connectivity index (χ0v) is 13.1. The summed E-state index contributed by atoms with van der Waals surface area (Å²) in [4.78, 5) is 4.30. The Morgan fingerprint density at radius 1 is 0.955 bits per heavy atom. The van der Waals surface area contributed by atoms with Crippen LogP contribution < -0.4 is 4.57 Å². The highest BCUT2D eigenvalue weighted by Crippen LogP contribution is 2.20. The Balaban J connectivity index is 1.94. The minimum atomic E-state index is 0.555. The van der Waals surface area contributed by atoms with E-state index in [0.29, 0.717) is 5.92 Å². The van der Waals surface area contributed by atoms with E-state index in [0.717, 1.165) is 12.2 Å². The first kappa shape index (κ1) is 14.5. The van der Waals surface area contributed by atoms with Crippen LogP contribution in [0, 0.1) is 0 Å². The quantitative estimate of drug-likeness (QED) is 0.657. The molecule has 0 aliphatic carbocycles. The maximum absolute atomic E-state index is 4.30. The molecule has 3 aromatic rings. The van der Waals surface area contributed by atoms with Crippen LogP contribution in [0.1, 0.15) is 30.9 Å². The molecule has 0 aliphatic heterocycles. The summed E-state index contributed by atoms with van der Waals surface area (Å²) < 4.78 is 2.24. The first-order valence-corrected chi connectivity index (χ1v) is 7.72. The number of aromatic nitrogens is 2. The standard InChI is InChI=1S/C20H21N2/c1-16(2)18-8-10-19(11-9-18)20-14-21-12-13-22(20)15-17-6-4-3-5-7-17/h3-14,16H,15H2,1-2H3/q+1. The number of nitrogens with zero attached hydrogens (tertiary/aromatic N) is 2. The van der Waals surface area contributed by atoms with Gasteiger partial charge in [0.05, 0.1) is 12.4 Å². The fourth-order valence-corrected chi connectivity index (χ4v) is 2.58. The molecule has 0 unspecified atom stereocenters. The van der Waals surface area contributed by atoms with Gasteiger partial charge in [0.2, 0.25) is 5.69 Å². The van der Waals surface area contributed by atoms with Crippen molar-refractivity contribution in [3.05, 3.63) is 84.3 Å². The molecule has 0 amide bonds. The number of hydrogen-bond donors (Lipinski definition) is 0. The summed E-state index contributed by atoms with van der Waals surface area (Å²) in [5.41, 5.74) is 5.00. The topological polar surface area (TPSA) is 16.8 Å². The van der Waals surface area contributed by atoms with Gasteiger partial charge in [0.1, 0.15) is 0 Å². The normalized spacial score (nSPS) is 10.9. The molecule has 1 heterocycles. The Kier molecular flexibility index (Phi) is 4.29. The van der Waals surface area contributed by atoms with E-state index >= 15 is 0 Å². The van der Waals surface area contributed by atoms with Crippen molar-refractivity contribution in [2.24, 2.45) is 0 Å². The van der Waals surface area contributed by atoms with Crippen molar-refractivity contribution in [3.8, 4) is 11.3 Å². The van der Waals surface area contributed by atoms with Crippen molar-refractivity contribution in [2.45, 2.75) is 26.3 Å². The van der Waals surface area contributed by atoms with Gasteiger partial charge in [-0.3, -0.25) is 4.98 Å². The smallest absolute Gasteiger partial charge is 0.231 e. The second-order valence-electron chi connectivity index (χ2n) is 5.85. The Bertz CT molecular complexity index is 731. The van der Waals surface area contributed by atoms with Gasteiger partial charge in [0, 0.05) is 11.1 Å². The summed E-state index contributed by atoms with van der Waals surface area (Å²) in [7, 11) is 0. The summed E-state index contributed by atoms with van der Waals surface area (Å²) in [6.45, 7) is 5.29. The first-order chi connectivity index (χ1) is 10.7. The number of rotatable bonds is 4. The summed E-state index contributed by atoms with van der Waals surface area (Å²) in [6, 6.07) is 19.3. The summed E-state index contributed by atoms with van der Waals surface area (Å²) in [5, 5.41) is 0. The molecule has 0 fully saturated rings. The van der Waals surface area contributed by atoms with E-state index in [9.17, 15) is 0 Å². The van der Waals surface area contributed by atoms with Gasteiger partial charge in [-0.2, -0.15) is 4.57 Å². The highest BCUT2D eigenvalue weighted by molar-refractivity contribution is 5.55. The van der Waals surface area contributed by atoms with Gasteiger partial charge in [-0.15, -0.1) is 0 Å². The number of benzene rings is 2. The lowest BCUT2D eigenvalue weighted by Crippen LogP contribution is -2.36. The van der Waals surface area contributed by atoms with Gasteiger partial charge in [-0.05, 0) is 23.6 Å². The van der Waals surface area contributed by atoms with Crippen LogP contribution in [0.5, 0.6) is 0 Å². The fraction of sp³-hybridized carbons (Fsp3) is 0.200. The Labute approximate surface area is 132 Å². The van der Waals surface area contributed by atoms with E-state index in [2.05, 4.69) is 71.9 Å². The van der Waals surface area contributed by atoms with Crippen LogP contribution in [0.2, 0.25) is 0 Å². The zero-order chi connectivity index (χ0) is 15.4. The summed E-state index contributed by atoms with van der Waals surface area (Å²) >= 11 is 0. The lowest BCUT2D eigenvalue weighted by molar-refractivity contribution is -0.678. The molecule has 0 spiro atoms. The maximum atomic E-state index is 4.30. The molecule has 0 bridgehead atoms. The minimum Gasteiger partial charge on any atom is -0.252 e. The van der Waals surface area contributed by atoms with Crippen LogP contribution in [0.3, 0.4) is 0 Å². The molecule has 2 aromatic carbocycles. The van der Waals surface area contributed by atoms with E-state index in [1.807, 2.05) is 24.7 Å². The van der Waals surface area contributed by atoms with Crippen LogP contribution in [0.4, 0.5) is 0 Å². The lowest BCUT2D eigenvalue weighted by atomic mass is 10.0. The molecule has 0 radical (unpaired) electrons. The summed E-state index contributed by atoms with van der Waals surface area (Å²) in [5.74, 6) is 0.555. The fourth-order valence-electron chi connectivity index (χ4n) is 2.58. The molecule has 0 saturated heterocycles. The third-order valence-electron chi connectivity index (χ3n) is 3.91. The second kappa shape index (κ2) is 6.52. The average molecular weight is 289 g/mol. The molecule has 2 nitrogen and oxygen atoms in total. The van der Waals surface area contributed by atoms with Crippen molar-refractivity contribution in [3.63, 3.8) is 0 Å². The van der Waals surface area contributed by atoms with Gasteiger partial charge in [0.15, 0.2) is 12.7 Å². The van der Waals surface area contributed by atoms with E-state index in [-0.39, 0.29) is 0 Å². The molecule has 0 aliphatic rings. The van der Waals surface area contributed by atoms with Crippen molar-refractivity contribution < 1.29 is 4.57 Å². The van der Waals surface area contributed by atoms with Crippen molar-refractivity contribution in [2.75, 3.05) is 0 Å². The van der Waals surface area contributed by atoms with Crippen LogP contribution in [0.25, 0.3) is 11.3 Å². The van der Waals surface area contributed by atoms with Gasteiger partial charge in [-0.1, -0.05) is 56.3 Å². The molecule has 110 valence electrons. The average Bonchev–Trinajstić information content (AvgIpc) is 2.56. The van der Waals surface area contributed by atoms with E-state index in [1.165, 1.54) is 16.7 Å². The van der Waals surface area contributed by atoms with E-state index < -0.39 is 0 Å². The first-order valence-electron chi connectivity index (χ1n) is 7.72. The van der Waals surface area contributed by atoms with Crippen LogP contribution in [-0.4, -0.2) is 4.98 Å². The monoisotopic (exact) mass is 289 g/mol. The second-order valence-corrected chi connectivity index (χ2v) is 5.85. The van der Waals surface area contributed by atoms with Gasteiger partial charge < -0.3 is 0 Å². The Hall–Kier alpha value is -2.48. The predicted molar refractivity (Wildman–Crippen MR) is 89.5 cm³/mol. The summed E-state index contributed by atoms with van der Waals surface area (Å²) in [6.07, 6.45) is 5.82. The molecular weight excluding hydrogens is 268 g/mol. The van der Waals surface area contributed by atoms with Gasteiger partial charge in [0.25, 0.3) is 0 Å². The molecule has 0 atom stereocenters. The Morgan fingerprint density at radius 3 is 2.36 bits per heavy atom. The molecule has 2 heteroatoms. The SMILES string of the molecule is CC(C)c1ccc(-c2cncc[n+]2Cc2ccccc2)cc1. The maximum Gasteiger partial charge on any atom is 0.231 e. The molecule has 22 heavy (non-hydrogen) atoms. The molecular formula is C20H21N2+. The van der Waals surface area contributed by atoms with Crippen LogP contribution in [0.15, 0.2) is 73.2 Å². The number of hydrogen-bond acceptors (Lipinski definition) is 1. The highest BCUT2D eigenvalue weighted by atomic mass is 15.0. The third kappa shape index (κ3) is 3.22. The van der Waals surface area contributed by atoms with Crippen LogP contribution >= 0.6 is 0 Å². The lowest BCUT2D eigenvalue weighted by Gasteiger charge is -2.07. The van der Waals surface area contributed by atoms with Gasteiger partial charge in [-0.25, -0.2) is 0 Å². The molecule has 3 rings (SSSR count). The minimum absolute atomic E-state index is 0.555. The van der Waals surface area contributed by atoms with E-state index in [4.69, 9.17) is 0 Å².